The van der Waals surface area contributed by atoms with E-state index in [-0.39, 0.29) is 11.3 Å². The number of benzene rings is 2. The number of hydrogen-bond acceptors (Lipinski definition) is 4. The van der Waals surface area contributed by atoms with Gasteiger partial charge in [-0.1, -0.05) is 23.8 Å². The highest BCUT2D eigenvalue weighted by atomic mass is 16.5. The predicted octanol–water partition coefficient (Wildman–Crippen LogP) is 3.22. The van der Waals surface area contributed by atoms with E-state index < -0.39 is 18.1 Å². The van der Waals surface area contributed by atoms with Gasteiger partial charge in [0.2, 0.25) is 5.78 Å². The average molecular weight is 340 g/mol. The Labute approximate surface area is 146 Å². The summed E-state index contributed by atoms with van der Waals surface area (Å²) in [6, 6.07) is 11.0. The standard InChI is InChI=1S/C19H20N2O4/c1-11-7-8-12(2)16(9-11)17(22)13(3)25-18(23)14-5-4-6-15(10-14)21-19(20)24/h4-10,13H,1-3H3,(H3,20,21,24)/t13-/m0/s1. The highest BCUT2D eigenvalue weighted by Gasteiger charge is 2.22. The molecule has 0 aromatic heterocycles. The lowest BCUT2D eigenvalue weighted by atomic mass is 9.99. The lowest BCUT2D eigenvalue weighted by molar-refractivity contribution is 0.0318. The molecular formula is C19H20N2O4. The van der Waals surface area contributed by atoms with Crippen LogP contribution in [-0.4, -0.2) is 23.9 Å². The maximum absolute atomic E-state index is 12.5. The third-order valence-corrected chi connectivity index (χ3v) is 3.68. The number of primary amides is 1. The number of Topliss-reactive ketones (excluding diaryl/α,β-unsaturated/α-hetero) is 1. The molecule has 2 aromatic carbocycles. The molecular weight excluding hydrogens is 320 g/mol. The highest BCUT2D eigenvalue weighted by Crippen LogP contribution is 2.16. The number of hydrogen-bond donors (Lipinski definition) is 2. The first-order valence-corrected chi connectivity index (χ1v) is 7.77. The van der Waals surface area contributed by atoms with E-state index in [1.165, 1.54) is 19.1 Å². The minimum absolute atomic E-state index is 0.215. The van der Waals surface area contributed by atoms with Gasteiger partial charge in [-0.15, -0.1) is 0 Å². The van der Waals surface area contributed by atoms with Gasteiger partial charge in [-0.25, -0.2) is 9.59 Å². The summed E-state index contributed by atoms with van der Waals surface area (Å²) in [5, 5.41) is 2.38. The molecule has 3 N–H and O–H groups in total. The molecule has 25 heavy (non-hydrogen) atoms. The van der Waals surface area contributed by atoms with E-state index in [9.17, 15) is 14.4 Å². The van der Waals surface area contributed by atoms with Crippen molar-refractivity contribution in [2.45, 2.75) is 26.9 Å². The first-order chi connectivity index (χ1) is 11.8. The molecule has 0 unspecified atom stereocenters. The van der Waals surface area contributed by atoms with Crippen molar-refractivity contribution < 1.29 is 19.1 Å². The molecule has 0 aliphatic carbocycles. The summed E-state index contributed by atoms with van der Waals surface area (Å²) in [7, 11) is 0. The first kappa shape index (κ1) is 18.2. The molecule has 6 nitrogen and oxygen atoms in total. The second-order valence-electron chi connectivity index (χ2n) is 5.80. The van der Waals surface area contributed by atoms with E-state index in [2.05, 4.69) is 5.32 Å². The Balaban J connectivity index is 2.13. The molecule has 6 heteroatoms. The molecule has 130 valence electrons. The molecule has 0 fully saturated rings. The van der Waals surface area contributed by atoms with Crippen molar-refractivity contribution in [2.24, 2.45) is 5.73 Å². The van der Waals surface area contributed by atoms with Crippen LogP contribution in [0.5, 0.6) is 0 Å². The molecule has 0 aliphatic rings. The van der Waals surface area contributed by atoms with Crippen molar-refractivity contribution in [3.8, 4) is 0 Å². The Hall–Kier alpha value is -3.15. The van der Waals surface area contributed by atoms with E-state index in [1.807, 2.05) is 26.0 Å². The average Bonchev–Trinajstić information content (AvgIpc) is 2.56. The minimum Gasteiger partial charge on any atom is -0.451 e. The summed E-state index contributed by atoms with van der Waals surface area (Å²) < 4.78 is 5.28. The van der Waals surface area contributed by atoms with E-state index in [0.29, 0.717) is 11.3 Å². The van der Waals surface area contributed by atoms with Crippen LogP contribution < -0.4 is 11.1 Å². The van der Waals surface area contributed by atoms with E-state index in [4.69, 9.17) is 10.5 Å². The number of ether oxygens (including phenoxy) is 1. The largest absolute Gasteiger partial charge is 0.451 e. The molecule has 0 saturated heterocycles. The fraction of sp³-hybridized carbons (Fsp3) is 0.211. The molecule has 2 aromatic rings. The lowest BCUT2D eigenvalue weighted by Gasteiger charge is -2.14. The number of amides is 2. The van der Waals surface area contributed by atoms with Crippen LogP contribution >= 0.6 is 0 Å². The molecule has 2 amide bonds. The third kappa shape index (κ3) is 4.67. The van der Waals surface area contributed by atoms with Crippen molar-refractivity contribution in [1.29, 1.82) is 0 Å². The zero-order valence-electron chi connectivity index (χ0n) is 14.3. The van der Waals surface area contributed by atoms with Crippen LogP contribution in [-0.2, 0) is 4.74 Å². The smallest absolute Gasteiger partial charge is 0.338 e. The van der Waals surface area contributed by atoms with Gasteiger partial charge in [0.1, 0.15) is 0 Å². The number of carbonyl (C=O) groups excluding carboxylic acids is 3. The van der Waals surface area contributed by atoms with Gasteiger partial charge in [-0.05, 0) is 50.6 Å². The first-order valence-electron chi connectivity index (χ1n) is 7.77. The summed E-state index contributed by atoms with van der Waals surface area (Å²) in [6.07, 6.45) is -0.930. The van der Waals surface area contributed by atoms with E-state index >= 15 is 0 Å². The van der Waals surface area contributed by atoms with Crippen LogP contribution in [0.1, 0.15) is 38.8 Å². The van der Waals surface area contributed by atoms with Crippen LogP contribution in [0.2, 0.25) is 0 Å². The lowest BCUT2D eigenvalue weighted by Crippen LogP contribution is -2.25. The van der Waals surface area contributed by atoms with Crippen LogP contribution in [0, 0.1) is 13.8 Å². The number of carbonyl (C=O) groups is 3. The Bertz CT molecular complexity index is 830. The molecule has 0 spiro atoms. The van der Waals surface area contributed by atoms with Crippen molar-refractivity contribution >= 4 is 23.5 Å². The van der Waals surface area contributed by atoms with Gasteiger partial charge in [0.15, 0.2) is 6.10 Å². The van der Waals surface area contributed by atoms with Crippen molar-refractivity contribution in [2.75, 3.05) is 5.32 Å². The van der Waals surface area contributed by atoms with Crippen LogP contribution in [0.25, 0.3) is 0 Å². The second-order valence-corrected chi connectivity index (χ2v) is 5.80. The number of aryl methyl sites for hydroxylation is 2. The van der Waals surface area contributed by atoms with Gasteiger partial charge >= 0.3 is 12.0 Å². The Morgan fingerprint density at radius 2 is 1.80 bits per heavy atom. The minimum atomic E-state index is -0.930. The number of nitrogens with two attached hydrogens (primary N) is 1. The summed E-state index contributed by atoms with van der Waals surface area (Å²) in [5.41, 5.74) is 7.95. The van der Waals surface area contributed by atoms with Gasteiger partial charge in [0, 0.05) is 11.3 Å². The molecule has 0 radical (unpaired) electrons. The normalized spacial score (nSPS) is 11.5. The molecule has 1 atom stereocenters. The topological polar surface area (TPSA) is 98.5 Å². The molecule has 0 bridgehead atoms. The molecule has 2 rings (SSSR count). The van der Waals surface area contributed by atoms with Crippen molar-refractivity contribution in [1.82, 2.24) is 0 Å². The second kappa shape index (κ2) is 7.61. The third-order valence-electron chi connectivity index (χ3n) is 3.68. The van der Waals surface area contributed by atoms with Gasteiger partial charge in [-0.2, -0.15) is 0 Å². The fourth-order valence-electron chi connectivity index (χ4n) is 2.37. The summed E-state index contributed by atoms with van der Waals surface area (Å²) in [6.45, 7) is 5.26. The maximum atomic E-state index is 12.5. The number of anilines is 1. The number of ketones is 1. The summed E-state index contributed by atoms with van der Waals surface area (Å²) in [4.78, 5) is 35.7. The zero-order valence-corrected chi connectivity index (χ0v) is 14.3. The molecule has 0 heterocycles. The van der Waals surface area contributed by atoms with E-state index in [0.717, 1.165) is 11.1 Å². The fourth-order valence-corrected chi connectivity index (χ4v) is 2.37. The van der Waals surface area contributed by atoms with Crippen molar-refractivity contribution in [3.63, 3.8) is 0 Å². The Morgan fingerprint density at radius 1 is 1.08 bits per heavy atom. The summed E-state index contributed by atoms with van der Waals surface area (Å²) >= 11 is 0. The van der Waals surface area contributed by atoms with Gasteiger partial charge in [-0.3, -0.25) is 4.79 Å². The van der Waals surface area contributed by atoms with Crippen LogP contribution in [0.4, 0.5) is 10.5 Å². The number of rotatable bonds is 5. The Morgan fingerprint density at radius 3 is 2.48 bits per heavy atom. The molecule has 0 aliphatic heterocycles. The van der Waals surface area contributed by atoms with Gasteiger partial charge < -0.3 is 15.8 Å². The number of esters is 1. The quantitative estimate of drug-likeness (QED) is 0.645. The van der Waals surface area contributed by atoms with Gasteiger partial charge in [0.25, 0.3) is 0 Å². The summed E-state index contributed by atoms with van der Waals surface area (Å²) in [5.74, 6) is -0.916. The zero-order chi connectivity index (χ0) is 18.6. The van der Waals surface area contributed by atoms with Gasteiger partial charge in [0.05, 0.1) is 5.56 Å². The molecule has 0 saturated carbocycles. The highest BCUT2D eigenvalue weighted by molar-refractivity contribution is 6.02. The van der Waals surface area contributed by atoms with Crippen LogP contribution in [0.3, 0.4) is 0 Å². The van der Waals surface area contributed by atoms with Crippen LogP contribution in [0.15, 0.2) is 42.5 Å². The predicted molar refractivity (Wildman–Crippen MR) is 94.8 cm³/mol. The SMILES string of the molecule is Cc1ccc(C)c(C(=O)[C@H](C)OC(=O)c2cccc(NC(N)=O)c2)c1. The van der Waals surface area contributed by atoms with Crippen molar-refractivity contribution in [3.05, 3.63) is 64.7 Å². The monoisotopic (exact) mass is 340 g/mol. The van der Waals surface area contributed by atoms with E-state index in [1.54, 1.807) is 18.2 Å². The number of urea groups is 1. The maximum Gasteiger partial charge on any atom is 0.338 e. The number of nitrogens with one attached hydrogen (secondary N) is 1. The Kier molecular flexibility index (Phi) is 5.54.